The van der Waals surface area contributed by atoms with Gasteiger partial charge in [-0.2, -0.15) is 0 Å². The van der Waals surface area contributed by atoms with Gasteiger partial charge in [0.05, 0.1) is 12.6 Å². The predicted molar refractivity (Wildman–Crippen MR) is 94.4 cm³/mol. The van der Waals surface area contributed by atoms with Gasteiger partial charge in [0, 0.05) is 33.1 Å². The number of methoxy groups -OCH3 is 1. The van der Waals surface area contributed by atoms with Crippen LogP contribution >= 0.6 is 0 Å². The number of hydrogen-bond acceptors (Lipinski definition) is 3. The van der Waals surface area contributed by atoms with E-state index in [1.807, 2.05) is 43.4 Å². The van der Waals surface area contributed by atoms with Gasteiger partial charge in [-0.3, -0.25) is 4.98 Å². The van der Waals surface area contributed by atoms with Crippen molar-refractivity contribution in [2.75, 3.05) is 14.2 Å². The zero-order chi connectivity index (χ0) is 17.4. The maximum atomic E-state index is 12.5. The summed E-state index contributed by atoms with van der Waals surface area (Å²) in [7, 11) is 3.50. The van der Waals surface area contributed by atoms with E-state index in [-0.39, 0.29) is 12.1 Å². The highest BCUT2D eigenvalue weighted by Crippen LogP contribution is 2.22. The molecule has 5 heteroatoms. The lowest BCUT2D eigenvalue weighted by atomic mass is 10.1. The summed E-state index contributed by atoms with van der Waals surface area (Å²) in [5.41, 5.74) is 3.25. The van der Waals surface area contributed by atoms with E-state index in [2.05, 4.69) is 17.2 Å². The number of carbonyl (C=O) groups excluding carboxylic acids is 1. The molecule has 24 heavy (non-hydrogen) atoms. The number of pyridine rings is 1. The third-order valence-corrected chi connectivity index (χ3v) is 4.01. The molecule has 0 aliphatic carbocycles. The molecule has 1 N–H and O–H groups in total. The third-order valence-electron chi connectivity index (χ3n) is 4.01. The number of benzene rings is 1. The summed E-state index contributed by atoms with van der Waals surface area (Å²) in [6.45, 7) is 3.14. The molecule has 0 unspecified atom stereocenters. The number of hydrogen-bond donors (Lipinski definition) is 1. The maximum absolute atomic E-state index is 12.5. The number of amides is 2. The van der Waals surface area contributed by atoms with E-state index >= 15 is 0 Å². The molecule has 1 aromatic heterocycles. The van der Waals surface area contributed by atoms with Crippen molar-refractivity contribution in [3.05, 3.63) is 65.5 Å². The van der Waals surface area contributed by atoms with Crippen molar-refractivity contribution in [2.24, 2.45) is 0 Å². The van der Waals surface area contributed by atoms with Crippen LogP contribution in [-0.4, -0.2) is 30.1 Å². The lowest BCUT2D eigenvalue weighted by molar-refractivity contribution is 0.184. The molecule has 128 valence electrons. The molecule has 1 heterocycles. The largest absolute Gasteiger partial charge is 0.380 e. The van der Waals surface area contributed by atoms with Crippen LogP contribution in [0.3, 0.4) is 0 Å². The van der Waals surface area contributed by atoms with Crippen molar-refractivity contribution < 1.29 is 9.53 Å². The summed E-state index contributed by atoms with van der Waals surface area (Å²) < 4.78 is 5.14. The third kappa shape index (κ3) is 4.80. The summed E-state index contributed by atoms with van der Waals surface area (Å²) in [5.74, 6) is 0. The molecular weight excluding hydrogens is 302 g/mol. The molecule has 2 amide bonds. The topological polar surface area (TPSA) is 54.5 Å². The molecule has 0 spiro atoms. The highest BCUT2D eigenvalue weighted by atomic mass is 16.5. The number of nitrogens with zero attached hydrogens (tertiary/aromatic N) is 2. The molecule has 0 saturated heterocycles. The molecule has 1 atom stereocenters. The number of urea groups is 1. The normalized spacial score (nSPS) is 11.8. The number of nitrogens with one attached hydrogen (secondary N) is 1. The van der Waals surface area contributed by atoms with Crippen LogP contribution in [0.1, 0.15) is 36.1 Å². The lowest BCUT2D eigenvalue weighted by Gasteiger charge is -2.27. The van der Waals surface area contributed by atoms with Crippen LogP contribution < -0.4 is 5.32 Å². The van der Waals surface area contributed by atoms with Crippen LogP contribution in [0.25, 0.3) is 0 Å². The SMILES string of the molecule is CC[C@@H](c1ccncc1)N(C)C(=O)NCc1cccc(COC)c1. The van der Waals surface area contributed by atoms with Crippen molar-refractivity contribution in [2.45, 2.75) is 32.5 Å². The molecule has 2 rings (SSSR count). The first-order chi connectivity index (χ1) is 11.7. The van der Waals surface area contributed by atoms with Gasteiger partial charge in [0.1, 0.15) is 0 Å². The average Bonchev–Trinajstić information content (AvgIpc) is 2.62. The summed E-state index contributed by atoms with van der Waals surface area (Å²) >= 11 is 0. The Morgan fingerprint density at radius 3 is 2.62 bits per heavy atom. The first-order valence-electron chi connectivity index (χ1n) is 8.13. The summed E-state index contributed by atoms with van der Waals surface area (Å²) in [6.07, 6.45) is 4.35. The van der Waals surface area contributed by atoms with Crippen molar-refractivity contribution in [1.29, 1.82) is 0 Å². The van der Waals surface area contributed by atoms with E-state index in [9.17, 15) is 4.79 Å². The average molecular weight is 327 g/mol. The summed E-state index contributed by atoms with van der Waals surface area (Å²) in [4.78, 5) is 18.3. The Labute approximate surface area is 143 Å². The van der Waals surface area contributed by atoms with Crippen molar-refractivity contribution in [3.63, 3.8) is 0 Å². The highest BCUT2D eigenvalue weighted by Gasteiger charge is 2.19. The van der Waals surface area contributed by atoms with Gasteiger partial charge in [0.2, 0.25) is 0 Å². The van der Waals surface area contributed by atoms with Gasteiger partial charge in [0.25, 0.3) is 0 Å². The van der Waals surface area contributed by atoms with Crippen LogP contribution in [0, 0.1) is 0 Å². The molecule has 0 aliphatic heterocycles. The Hall–Kier alpha value is -2.40. The second-order valence-electron chi connectivity index (χ2n) is 5.73. The Balaban J connectivity index is 1.97. The van der Waals surface area contributed by atoms with Crippen molar-refractivity contribution in [3.8, 4) is 0 Å². The van der Waals surface area contributed by atoms with E-state index < -0.39 is 0 Å². The monoisotopic (exact) mass is 327 g/mol. The van der Waals surface area contributed by atoms with Crippen LogP contribution in [0.4, 0.5) is 4.79 Å². The van der Waals surface area contributed by atoms with Crippen LogP contribution in [0.15, 0.2) is 48.8 Å². The van der Waals surface area contributed by atoms with Crippen LogP contribution in [0.5, 0.6) is 0 Å². The first kappa shape index (κ1) is 17.9. The minimum Gasteiger partial charge on any atom is -0.380 e. The van der Waals surface area contributed by atoms with E-state index in [4.69, 9.17) is 4.74 Å². The molecule has 0 radical (unpaired) electrons. The number of rotatable bonds is 7. The van der Waals surface area contributed by atoms with E-state index in [1.54, 1.807) is 24.4 Å². The first-order valence-corrected chi connectivity index (χ1v) is 8.13. The minimum atomic E-state index is -0.0872. The Morgan fingerprint density at radius 1 is 1.25 bits per heavy atom. The molecule has 0 saturated carbocycles. The number of aromatic nitrogens is 1. The van der Waals surface area contributed by atoms with Gasteiger partial charge < -0.3 is 15.0 Å². The Bertz CT molecular complexity index is 646. The molecule has 0 bridgehead atoms. The molecular formula is C19H25N3O2. The fraction of sp³-hybridized carbons (Fsp3) is 0.368. The Morgan fingerprint density at radius 2 is 1.96 bits per heavy atom. The van der Waals surface area contributed by atoms with Gasteiger partial charge in [-0.25, -0.2) is 4.79 Å². The molecule has 5 nitrogen and oxygen atoms in total. The molecule has 1 aromatic carbocycles. The quantitative estimate of drug-likeness (QED) is 0.846. The highest BCUT2D eigenvalue weighted by molar-refractivity contribution is 5.74. The van der Waals surface area contributed by atoms with E-state index in [1.165, 1.54) is 0 Å². The second-order valence-corrected chi connectivity index (χ2v) is 5.73. The summed E-state index contributed by atoms with van der Waals surface area (Å²) in [6, 6.07) is 11.9. The molecule has 0 aliphatic rings. The van der Waals surface area contributed by atoms with Crippen molar-refractivity contribution in [1.82, 2.24) is 15.2 Å². The standard InChI is InChI=1S/C19H25N3O2/c1-4-18(17-8-10-20-11-9-17)22(2)19(23)21-13-15-6-5-7-16(12-15)14-24-3/h5-12,18H,4,13-14H2,1-3H3,(H,21,23)/t18-/m0/s1. The van der Waals surface area contributed by atoms with Crippen LogP contribution in [-0.2, 0) is 17.9 Å². The van der Waals surface area contributed by atoms with Crippen molar-refractivity contribution >= 4 is 6.03 Å². The van der Waals surface area contributed by atoms with Gasteiger partial charge in [-0.15, -0.1) is 0 Å². The number of ether oxygens (including phenoxy) is 1. The van der Waals surface area contributed by atoms with E-state index in [0.717, 1.165) is 23.1 Å². The second kappa shape index (κ2) is 9.03. The molecule has 0 fully saturated rings. The van der Waals surface area contributed by atoms with E-state index in [0.29, 0.717) is 13.2 Å². The maximum Gasteiger partial charge on any atom is 0.317 e. The minimum absolute atomic E-state index is 0.0350. The zero-order valence-corrected chi connectivity index (χ0v) is 14.5. The predicted octanol–water partition coefficient (Wildman–Crippen LogP) is 3.52. The Kier molecular flexibility index (Phi) is 6.75. The van der Waals surface area contributed by atoms with Crippen LogP contribution in [0.2, 0.25) is 0 Å². The zero-order valence-electron chi connectivity index (χ0n) is 14.5. The smallest absolute Gasteiger partial charge is 0.317 e. The van der Waals surface area contributed by atoms with Gasteiger partial charge >= 0.3 is 6.03 Å². The van der Waals surface area contributed by atoms with Gasteiger partial charge in [-0.05, 0) is 35.2 Å². The fourth-order valence-electron chi connectivity index (χ4n) is 2.76. The lowest BCUT2D eigenvalue weighted by Crippen LogP contribution is -2.39. The van der Waals surface area contributed by atoms with Gasteiger partial charge in [0.15, 0.2) is 0 Å². The molecule has 2 aromatic rings. The number of carbonyl (C=O) groups is 1. The fourth-order valence-corrected chi connectivity index (χ4v) is 2.76. The van der Waals surface area contributed by atoms with Gasteiger partial charge in [-0.1, -0.05) is 31.2 Å². The summed E-state index contributed by atoms with van der Waals surface area (Å²) in [5, 5.41) is 2.98.